The van der Waals surface area contributed by atoms with Gasteiger partial charge in [0.1, 0.15) is 11.5 Å². The monoisotopic (exact) mass is 426 g/mol. The Morgan fingerprint density at radius 1 is 1.13 bits per heavy atom. The third-order valence-corrected chi connectivity index (χ3v) is 4.93. The Bertz CT molecular complexity index is 1010. The number of nitrogens with zero attached hydrogens (tertiary/aromatic N) is 2. The number of ether oxygens (including phenoxy) is 2. The fraction of sp³-hybridized carbons (Fsp3) is 0.273. The number of carbonyl (C=O) groups is 2. The third kappa shape index (κ3) is 4.41. The van der Waals surface area contributed by atoms with Gasteiger partial charge in [0.05, 0.1) is 29.8 Å². The molecule has 0 spiro atoms. The summed E-state index contributed by atoms with van der Waals surface area (Å²) in [6.45, 7) is 2.62. The van der Waals surface area contributed by atoms with E-state index < -0.39 is 22.7 Å². The minimum atomic E-state index is -0.900. The second kappa shape index (κ2) is 9.40. The molecule has 9 nitrogen and oxygen atoms in total. The lowest BCUT2D eigenvalue weighted by Crippen LogP contribution is -2.32. The SMILES string of the molecule is CCOc1ccc(C(O)=C2C(=O)C(=O)N(CCOC)[C@@H]2c2ccc([N+](=O)[O-])cc2)cc1. The van der Waals surface area contributed by atoms with Crippen molar-refractivity contribution in [3.05, 3.63) is 75.3 Å². The normalized spacial score (nSPS) is 17.7. The van der Waals surface area contributed by atoms with Crippen LogP contribution in [-0.2, 0) is 14.3 Å². The van der Waals surface area contributed by atoms with Gasteiger partial charge in [-0.15, -0.1) is 0 Å². The first-order valence-corrected chi connectivity index (χ1v) is 9.64. The van der Waals surface area contributed by atoms with Crippen molar-refractivity contribution in [3.63, 3.8) is 0 Å². The molecule has 9 heteroatoms. The van der Waals surface area contributed by atoms with Crippen molar-refractivity contribution in [1.29, 1.82) is 0 Å². The van der Waals surface area contributed by atoms with Gasteiger partial charge in [0.15, 0.2) is 0 Å². The van der Waals surface area contributed by atoms with Crippen molar-refractivity contribution in [2.24, 2.45) is 0 Å². The molecule has 1 aliphatic rings. The number of ketones is 1. The van der Waals surface area contributed by atoms with Gasteiger partial charge >= 0.3 is 0 Å². The van der Waals surface area contributed by atoms with Crippen molar-refractivity contribution < 1.29 is 29.1 Å². The van der Waals surface area contributed by atoms with E-state index in [2.05, 4.69) is 0 Å². The highest BCUT2D eigenvalue weighted by atomic mass is 16.6. The van der Waals surface area contributed by atoms with Crippen LogP contribution in [0.1, 0.15) is 24.1 Å². The summed E-state index contributed by atoms with van der Waals surface area (Å²) in [5.41, 5.74) is 0.608. The molecule has 0 unspecified atom stereocenters. The summed E-state index contributed by atoms with van der Waals surface area (Å²) in [5.74, 6) is -1.32. The average Bonchev–Trinajstić information content (AvgIpc) is 3.02. The zero-order valence-corrected chi connectivity index (χ0v) is 17.1. The summed E-state index contributed by atoms with van der Waals surface area (Å²) >= 11 is 0. The van der Waals surface area contributed by atoms with Crippen LogP contribution < -0.4 is 4.74 Å². The molecule has 0 aliphatic carbocycles. The van der Waals surface area contributed by atoms with Crippen molar-refractivity contribution in [2.45, 2.75) is 13.0 Å². The Labute approximate surface area is 178 Å². The summed E-state index contributed by atoms with van der Waals surface area (Å²) in [6.07, 6.45) is 0. The van der Waals surface area contributed by atoms with Gasteiger partial charge in [-0.3, -0.25) is 19.7 Å². The van der Waals surface area contributed by atoms with Gasteiger partial charge in [0, 0.05) is 31.4 Å². The molecule has 1 N–H and O–H groups in total. The lowest BCUT2D eigenvalue weighted by molar-refractivity contribution is -0.384. The summed E-state index contributed by atoms with van der Waals surface area (Å²) in [5, 5.41) is 21.9. The van der Waals surface area contributed by atoms with Gasteiger partial charge in [-0.2, -0.15) is 0 Å². The standard InChI is InChI=1S/C22H22N2O7/c1-3-31-17-10-6-15(7-11-17)20(25)18-19(14-4-8-16(9-5-14)24(28)29)23(12-13-30-2)22(27)21(18)26/h4-11,19,25H,3,12-13H2,1-2H3/t19-/m1/s1. The maximum Gasteiger partial charge on any atom is 0.295 e. The molecule has 0 saturated carbocycles. The second-order valence-electron chi connectivity index (χ2n) is 6.79. The number of aliphatic hydroxyl groups is 1. The first-order chi connectivity index (χ1) is 14.9. The molecule has 1 heterocycles. The Morgan fingerprint density at radius 3 is 2.32 bits per heavy atom. The smallest absolute Gasteiger partial charge is 0.295 e. The molecule has 3 rings (SSSR count). The quantitative estimate of drug-likeness (QED) is 0.226. The Balaban J connectivity index is 2.09. The van der Waals surface area contributed by atoms with Crippen molar-refractivity contribution in [1.82, 2.24) is 4.90 Å². The molecule has 1 atom stereocenters. The number of amides is 1. The van der Waals surface area contributed by atoms with E-state index >= 15 is 0 Å². The van der Waals surface area contributed by atoms with Crippen LogP contribution in [-0.4, -0.2) is 53.5 Å². The van der Waals surface area contributed by atoms with E-state index in [1.54, 1.807) is 24.3 Å². The fourth-order valence-corrected chi connectivity index (χ4v) is 3.46. The van der Waals surface area contributed by atoms with Crippen molar-refractivity contribution >= 4 is 23.1 Å². The van der Waals surface area contributed by atoms with Crippen LogP contribution in [0.15, 0.2) is 54.1 Å². The minimum Gasteiger partial charge on any atom is -0.507 e. The van der Waals surface area contributed by atoms with Gasteiger partial charge < -0.3 is 19.5 Å². The van der Waals surface area contributed by atoms with Crippen LogP contribution in [0.3, 0.4) is 0 Å². The summed E-state index contributed by atoms with van der Waals surface area (Å²) < 4.78 is 10.4. The van der Waals surface area contributed by atoms with E-state index in [0.717, 1.165) is 0 Å². The predicted molar refractivity (Wildman–Crippen MR) is 112 cm³/mol. The maximum atomic E-state index is 12.8. The molecule has 2 aromatic rings. The number of carbonyl (C=O) groups excluding carboxylic acids is 2. The van der Waals surface area contributed by atoms with E-state index in [0.29, 0.717) is 23.5 Å². The molecule has 1 amide bonds. The largest absolute Gasteiger partial charge is 0.507 e. The number of likely N-dealkylation sites (tertiary alicyclic amines) is 1. The number of benzene rings is 2. The lowest BCUT2D eigenvalue weighted by atomic mass is 9.95. The number of aliphatic hydroxyl groups excluding tert-OH is 1. The maximum absolute atomic E-state index is 12.8. The molecule has 1 aliphatic heterocycles. The average molecular weight is 426 g/mol. The van der Waals surface area contributed by atoms with Crippen LogP contribution >= 0.6 is 0 Å². The number of hydrogen-bond donors (Lipinski definition) is 1. The number of Topliss-reactive ketones (excluding diaryl/α,β-unsaturated/α-hetero) is 1. The molecular weight excluding hydrogens is 404 g/mol. The summed E-state index contributed by atoms with van der Waals surface area (Å²) in [6, 6.07) is 11.1. The number of hydrogen-bond acceptors (Lipinski definition) is 7. The van der Waals surface area contributed by atoms with Crippen molar-refractivity contribution in [3.8, 4) is 5.75 Å². The number of methoxy groups -OCH3 is 1. The highest BCUT2D eigenvalue weighted by molar-refractivity contribution is 6.46. The first-order valence-electron chi connectivity index (χ1n) is 9.64. The summed E-state index contributed by atoms with van der Waals surface area (Å²) in [4.78, 5) is 37.3. The van der Waals surface area contributed by atoms with Crippen LogP contribution in [0, 0.1) is 10.1 Å². The second-order valence-corrected chi connectivity index (χ2v) is 6.79. The number of nitro benzene ring substituents is 1. The van der Waals surface area contributed by atoms with Gasteiger partial charge in [0.2, 0.25) is 0 Å². The van der Waals surface area contributed by atoms with Crippen molar-refractivity contribution in [2.75, 3.05) is 26.9 Å². The van der Waals surface area contributed by atoms with E-state index in [-0.39, 0.29) is 30.2 Å². The van der Waals surface area contributed by atoms with Crippen LogP contribution in [0.4, 0.5) is 5.69 Å². The molecule has 162 valence electrons. The van der Waals surface area contributed by atoms with Crippen LogP contribution in [0.5, 0.6) is 5.75 Å². The molecule has 0 bridgehead atoms. The first kappa shape index (κ1) is 22.0. The van der Waals surface area contributed by atoms with Gasteiger partial charge in [-0.25, -0.2) is 0 Å². The van der Waals surface area contributed by atoms with E-state index in [9.17, 15) is 24.8 Å². The van der Waals surface area contributed by atoms with Crippen LogP contribution in [0.25, 0.3) is 5.76 Å². The number of nitro groups is 1. The highest BCUT2D eigenvalue weighted by Crippen LogP contribution is 2.39. The minimum absolute atomic E-state index is 0.0842. The molecule has 1 fully saturated rings. The number of non-ortho nitro benzene ring substituents is 1. The van der Waals surface area contributed by atoms with E-state index in [1.807, 2.05) is 6.92 Å². The molecule has 1 saturated heterocycles. The predicted octanol–water partition coefficient (Wildman–Crippen LogP) is 3.06. The van der Waals surface area contributed by atoms with Gasteiger partial charge in [-0.1, -0.05) is 0 Å². The highest BCUT2D eigenvalue weighted by Gasteiger charge is 2.45. The molecule has 31 heavy (non-hydrogen) atoms. The third-order valence-electron chi connectivity index (χ3n) is 4.93. The Hall–Kier alpha value is -3.72. The van der Waals surface area contributed by atoms with Gasteiger partial charge in [-0.05, 0) is 48.9 Å². The topological polar surface area (TPSA) is 119 Å². The Morgan fingerprint density at radius 2 is 1.77 bits per heavy atom. The zero-order chi connectivity index (χ0) is 22.5. The lowest BCUT2D eigenvalue weighted by Gasteiger charge is -2.25. The van der Waals surface area contributed by atoms with E-state index in [1.165, 1.54) is 36.3 Å². The Kier molecular flexibility index (Phi) is 6.66. The van der Waals surface area contributed by atoms with Gasteiger partial charge in [0.25, 0.3) is 17.4 Å². The van der Waals surface area contributed by atoms with E-state index in [4.69, 9.17) is 9.47 Å². The molecule has 0 aromatic heterocycles. The molecular formula is C22H22N2O7. The molecule has 0 radical (unpaired) electrons. The zero-order valence-electron chi connectivity index (χ0n) is 17.1. The van der Waals surface area contributed by atoms with Crippen LogP contribution in [0.2, 0.25) is 0 Å². The molecule has 2 aromatic carbocycles. The number of rotatable bonds is 8. The summed E-state index contributed by atoms with van der Waals surface area (Å²) in [7, 11) is 1.47. The fourth-order valence-electron chi connectivity index (χ4n) is 3.46.